The molecule has 5 nitrogen and oxygen atoms in total. The number of ether oxygens (including phenoxy) is 1. The minimum absolute atomic E-state index is 0.00343. The Morgan fingerprint density at radius 1 is 1.07 bits per heavy atom. The lowest BCUT2D eigenvalue weighted by atomic mass is 9.98. The number of nitrogens with one attached hydrogen (secondary N) is 2. The highest BCUT2D eigenvalue weighted by Crippen LogP contribution is 2.12. The molecule has 0 radical (unpaired) electrons. The van der Waals surface area contributed by atoms with Gasteiger partial charge in [-0.1, -0.05) is 50.1 Å². The second kappa shape index (κ2) is 10.6. The molecule has 2 aromatic carbocycles. The average molecular weight is 389 g/mol. The second-order valence-corrected chi connectivity index (χ2v) is 6.73. The molecular formula is C21H25ClN2O3. The van der Waals surface area contributed by atoms with Gasteiger partial charge in [-0.25, -0.2) is 0 Å². The van der Waals surface area contributed by atoms with E-state index in [9.17, 15) is 9.59 Å². The van der Waals surface area contributed by atoms with Crippen LogP contribution in [0.3, 0.4) is 0 Å². The van der Waals surface area contributed by atoms with Gasteiger partial charge in [-0.05, 0) is 42.3 Å². The molecule has 0 aliphatic rings. The zero-order valence-electron chi connectivity index (χ0n) is 15.6. The van der Waals surface area contributed by atoms with Gasteiger partial charge in [-0.2, -0.15) is 0 Å². The largest absolute Gasteiger partial charge is 0.492 e. The van der Waals surface area contributed by atoms with Gasteiger partial charge in [-0.15, -0.1) is 0 Å². The number of benzene rings is 2. The van der Waals surface area contributed by atoms with Crippen LogP contribution < -0.4 is 15.4 Å². The number of hydrogen-bond donors (Lipinski definition) is 2. The minimum Gasteiger partial charge on any atom is -0.492 e. The normalized spacial score (nSPS) is 12.7. The van der Waals surface area contributed by atoms with Crippen LogP contribution in [0.4, 0.5) is 0 Å². The Morgan fingerprint density at radius 3 is 2.37 bits per heavy atom. The molecule has 0 bridgehead atoms. The fraction of sp³-hybridized carbons (Fsp3) is 0.333. The third-order valence-corrected chi connectivity index (χ3v) is 4.55. The predicted molar refractivity (Wildman–Crippen MR) is 107 cm³/mol. The minimum atomic E-state index is -0.616. The first kappa shape index (κ1) is 20.8. The lowest BCUT2D eigenvalue weighted by Gasteiger charge is -2.23. The standard InChI is InChI=1S/C21H25ClN2O3/c1-3-15(2)19(24-20(25)16-9-11-17(22)12-10-16)21(26)23-13-14-27-18-7-5-4-6-8-18/h4-12,15,19H,3,13-14H2,1-2H3,(H,23,26)(H,24,25). The van der Waals surface area contributed by atoms with Crippen LogP contribution in [0.25, 0.3) is 0 Å². The number of rotatable bonds is 9. The molecular weight excluding hydrogens is 364 g/mol. The summed E-state index contributed by atoms with van der Waals surface area (Å²) in [5.74, 6) is 0.230. The van der Waals surface area contributed by atoms with Gasteiger partial charge in [0, 0.05) is 10.6 Å². The van der Waals surface area contributed by atoms with Gasteiger partial charge in [0.1, 0.15) is 18.4 Å². The molecule has 2 atom stereocenters. The predicted octanol–water partition coefficient (Wildman–Crippen LogP) is 3.68. The smallest absolute Gasteiger partial charge is 0.251 e. The summed E-state index contributed by atoms with van der Waals surface area (Å²) in [6.45, 7) is 4.64. The van der Waals surface area contributed by atoms with Crippen molar-refractivity contribution in [2.75, 3.05) is 13.2 Å². The van der Waals surface area contributed by atoms with Crippen LogP contribution in [0.5, 0.6) is 5.75 Å². The summed E-state index contributed by atoms with van der Waals surface area (Å²) < 4.78 is 5.57. The Hall–Kier alpha value is -2.53. The summed E-state index contributed by atoms with van der Waals surface area (Å²) in [5, 5.41) is 6.22. The summed E-state index contributed by atoms with van der Waals surface area (Å²) in [6, 6.07) is 15.4. The molecule has 2 amide bonds. The number of carbonyl (C=O) groups is 2. The first-order valence-electron chi connectivity index (χ1n) is 9.03. The highest BCUT2D eigenvalue weighted by atomic mass is 35.5. The lowest BCUT2D eigenvalue weighted by molar-refractivity contribution is -0.124. The molecule has 0 aliphatic heterocycles. The van der Waals surface area contributed by atoms with Gasteiger partial charge in [0.05, 0.1) is 6.54 Å². The highest BCUT2D eigenvalue weighted by molar-refractivity contribution is 6.30. The van der Waals surface area contributed by atoms with Crippen LogP contribution in [-0.4, -0.2) is 31.0 Å². The molecule has 0 aromatic heterocycles. The van der Waals surface area contributed by atoms with Crippen molar-refractivity contribution in [3.05, 3.63) is 65.2 Å². The molecule has 0 spiro atoms. The Labute approximate surface area is 165 Å². The van der Waals surface area contributed by atoms with E-state index < -0.39 is 6.04 Å². The van der Waals surface area contributed by atoms with Crippen LogP contribution in [0, 0.1) is 5.92 Å². The summed E-state index contributed by atoms with van der Waals surface area (Å²) in [6.07, 6.45) is 0.763. The summed E-state index contributed by atoms with van der Waals surface area (Å²) in [5.41, 5.74) is 0.466. The quantitative estimate of drug-likeness (QED) is 0.644. The fourth-order valence-corrected chi connectivity index (χ4v) is 2.62. The van der Waals surface area contributed by atoms with Crippen molar-refractivity contribution < 1.29 is 14.3 Å². The van der Waals surface area contributed by atoms with Crippen molar-refractivity contribution in [3.8, 4) is 5.75 Å². The zero-order valence-corrected chi connectivity index (χ0v) is 16.3. The van der Waals surface area contributed by atoms with E-state index in [-0.39, 0.29) is 17.7 Å². The van der Waals surface area contributed by atoms with E-state index >= 15 is 0 Å². The van der Waals surface area contributed by atoms with Crippen molar-refractivity contribution in [3.63, 3.8) is 0 Å². The number of halogens is 1. The van der Waals surface area contributed by atoms with Crippen molar-refractivity contribution in [1.29, 1.82) is 0 Å². The summed E-state index contributed by atoms with van der Waals surface area (Å²) >= 11 is 5.85. The molecule has 6 heteroatoms. The Balaban J connectivity index is 1.89. The van der Waals surface area contributed by atoms with E-state index in [4.69, 9.17) is 16.3 Å². The van der Waals surface area contributed by atoms with Crippen LogP contribution in [0.2, 0.25) is 5.02 Å². The van der Waals surface area contributed by atoms with E-state index in [2.05, 4.69) is 10.6 Å². The number of amides is 2. The molecule has 144 valence electrons. The van der Waals surface area contributed by atoms with Crippen molar-refractivity contribution in [2.45, 2.75) is 26.3 Å². The molecule has 0 fully saturated rings. The van der Waals surface area contributed by atoms with Crippen LogP contribution >= 0.6 is 11.6 Å². The maximum atomic E-state index is 12.6. The number of hydrogen-bond acceptors (Lipinski definition) is 3. The molecule has 2 rings (SSSR count). The monoisotopic (exact) mass is 388 g/mol. The van der Waals surface area contributed by atoms with E-state index in [1.54, 1.807) is 24.3 Å². The van der Waals surface area contributed by atoms with Crippen LogP contribution in [0.15, 0.2) is 54.6 Å². The van der Waals surface area contributed by atoms with Crippen molar-refractivity contribution >= 4 is 23.4 Å². The first-order valence-corrected chi connectivity index (χ1v) is 9.41. The molecule has 0 heterocycles. The van der Waals surface area contributed by atoms with Gasteiger partial charge in [0.15, 0.2) is 0 Å². The van der Waals surface area contributed by atoms with Crippen molar-refractivity contribution in [1.82, 2.24) is 10.6 Å². The van der Waals surface area contributed by atoms with Crippen LogP contribution in [0.1, 0.15) is 30.6 Å². The molecule has 0 aliphatic carbocycles. The summed E-state index contributed by atoms with van der Waals surface area (Å²) in [4.78, 5) is 25.0. The van der Waals surface area contributed by atoms with Gasteiger partial charge in [0.25, 0.3) is 5.91 Å². The maximum absolute atomic E-state index is 12.6. The van der Waals surface area contributed by atoms with Gasteiger partial charge >= 0.3 is 0 Å². The van der Waals surface area contributed by atoms with E-state index in [0.29, 0.717) is 23.7 Å². The van der Waals surface area contributed by atoms with E-state index in [0.717, 1.165) is 12.2 Å². The molecule has 2 aromatic rings. The fourth-order valence-electron chi connectivity index (χ4n) is 2.50. The van der Waals surface area contributed by atoms with E-state index in [1.807, 2.05) is 44.2 Å². The maximum Gasteiger partial charge on any atom is 0.251 e. The average Bonchev–Trinajstić information content (AvgIpc) is 2.69. The zero-order chi connectivity index (χ0) is 19.6. The Morgan fingerprint density at radius 2 is 1.74 bits per heavy atom. The molecule has 0 saturated heterocycles. The number of para-hydroxylation sites is 1. The lowest BCUT2D eigenvalue weighted by Crippen LogP contribution is -2.50. The van der Waals surface area contributed by atoms with Crippen molar-refractivity contribution in [2.24, 2.45) is 5.92 Å². The Kier molecular flexibility index (Phi) is 8.14. The van der Waals surface area contributed by atoms with E-state index in [1.165, 1.54) is 0 Å². The van der Waals surface area contributed by atoms with Gasteiger partial charge in [-0.3, -0.25) is 9.59 Å². The number of carbonyl (C=O) groups excluding carboxylic acids is 2. The SMILES string of the molecule is CCC(C)C(NC(=O)c1ccc(Cl)cc1)C(=O)NCCOc1ccccc1. The summed E-state index contributed by atoms with van der Waals surface area (Å²) in [7, 11) is 0. The third kappa shape index (κ3) is 6.61. The second-order valence-electron chi connectivity index (χ2n) is 6.30. The van der Waals surface area contributed by atoms with Gasteiger partial charge in [0.2, 0.25) is 5.91 Å². The first-order chi connectivity index (χ1) is 13.0. The molecule has 0 saturated carbocycles. The van der Waals surface area contributed by atoms with Gasteiger partial charge < -0.3 is 15.4 Å². The molecule has 2 unspecified atom stereocenters. The molecule has 2 N–H and O–H groups in total. The third-order valence-electron chi connectivity index (χ3n) is 4.30. The Bertz CT molecular complexity index is 735. The van der Waals surface area contributed by atoms with Crippen LogP contribution in [-0.2, 0) is 4.79 Å². The topological polar surface area (TPSA) is 67.4 Å². The molecule has 27 heavy (non-hydrogen) atoms. The highest BCUT2D eigenvalue weighted by Gasteiger charge is 2.26.